The van der Waals surface area contributed by atoms with Gasteiger partial charge >= 0.3 is 12.0 Å². The van der Waals surface area contributed by atoms with E-state index >= 15 is 0 Å². The number of hydrogen-bond donors (Lipinski definition) is 2. The minimum atomic E-state index is -2.24. The number of benzene rings is 2. The highest BCUT2D eigenvalue weighted by Gasteiger charge is 2.68. The summed E-state index contributed by atoms with van der Waals surface area (Å²) in [4.78, 5) is 16.7. The molecule has 0 amide bonds. The number of nitrogens with zero attached hydrogens (tertiary/aromatic N) is 2. The van der Waals surface area contributed by atoms with Crippen molar-refractivity contribution in [3.05, 3.63) is 59.7 Å². The van der Waals surface area contributed by atoms with Crippen LogP contribution in [-0.2, 0) is 19.9 Å². The number of aliphatic imine (C=N–C) groups is 1. The maximum absolute atomic E-state index is 12.2. The summed E-state index contributed by atoms with van der Waals surface area (Å²) in [6, 6.07) is 12.8. The van der Waals surface area contributed by atoms with E-state index in [1.54, 1.807) is 50.4 Å². The highest BCUT2D eigenvalue weighted by molar-refractivity contribution is 5.90. The molecule has 3 rings (SSSR count). The fraction of sp³-hybridized carbons (Fsp3) is 0.348. The third-order valence-corrected chi connectivity index (χ3v) is 5.38. The topological polar surface area (TPSA) is 132 Å². The summed E-state index contributed by atoms with van der Waals surface area (Å²) in [6.07, 6.45) is 1.76. The first-order valence-electron chi connectivity index (χ1n) is 9.90. The van der Waals surface area contributed by atoms with Gasteiger partial charge in [0.05, 0.1) is 18.2 Å². The summed E-state index contributed by atoms with van der Waals surface area (Å²) in [5.74, 6) is -2.20. The summed E-state index contributed by atoms with van der Waals surface area (Å²) in [5.41, 5.74) is -3.11. The van der Waals surface area contributed by atoms with Crippen molar-refractivity contribution in [1.82, 2.24) is 5.32 Å². The maximum Gasteiger partial charge on any atom is 0.337 e. The fourth-order valence-corrected chi connectivity index (χ4v) is 3.74. The number of methoxy groups -OCH3 is 3. The molecule has 0 spiro atoms. The Morgan fingerprint density at radius 1 is 1.12 bits per heavy atom. The molecule has 0 radical (unpaired) electrons. The highest BCUT2D eigenvalue weighted by atomic mass is 16.7. The molecule has 33 heavy (non-hydrogen) atoms. The number of fused-ring (bicyclic) bond motifs is 1. The minimum absolute atomic E-state index is 0.158. The second kappa shape index (κ2) is 9.07. The number of rotatable bonds is 5. The molecule has 2 aromatic carbocycles. The van der Waals surface area contributed by atoms with Crippen molar-refractivity contribution in [3.63, 3.8) is 0 Å². The van der Waals surface area contributed by atoms with E-state index in [0.717, 1.165) is 0 Å². The van der Waals surface area contributed by atoms with Gasteiger partial charge in [-0.2, -0.15) is 10.3 Å². The smallest absolute Gasteiger partial charge is 0.337 e. The van der Waals surface area contributed by atoms with Crippen LogP contribution in [0.15, 0.2) is 53.5 Å². The Morgan fingerprint density at radius 2 is 1.82 bits per heavy atom. The Labute approximate surface area is 191 Å². The monoisotopic (exact) mass is 455 g/mol. The molecule has 2 unspecified atom stereocenters. The van der Waals surface area contributed by atoms with E-state index in [1.165, 1.54) is 39.5 Å². The second-order valence-electron chi connectivity index (χ2n) is 7.58. The zero-order valence-corrected chi connectivity index (χ0v) is 18.9. The van der Waals surface area contributed by atoms with Gasteiger partial charge in [0.1, 0.15) is 11.5 Å². The van der Waals surface area contributed by atoms with E-state index in [0.29, 0.717) is 5.75 Å². The van der Waals surface area contributed by atoms with Gasteiger partial charge in [-0.15, -0.1) is 0 Å². The van der Waals surface area contributed by atoms with Crippen LogP contribution >= 0.6 is 0 Å². The number of para-hydroxylation sites is 1. The first-order chi connectivity index (χ1) is 15.7. The van der Waals surface area contributed by atoms with Gasteiger partial charge in [-0.25, -0.2) is 10.1 Å². The van der Waals surface area contributed by atoms with Crippen LogP contribution in [0.3, 0.4) is 0 Å². The Kier molecular flexibility index (Phi) is 6.60. The van der Waals surface area contributed by atoms with E-state index in [2.05, 4.69) is 10.3 Å². The number of carbonyl (C=O) groups excluding carboxylic acids is 1. The van der Waals surface area contributed by atoms with Crippen LogP contribution in [0.4, 0.5) is 0 Å². The van der Waals surface area contributed by atoms with Crippen LogP contribution in [0.5, 0.6) is 11.5 Å². The van der Waals surface area contributed by atoms with Crippen molar-refractivity contribution in [2.75, 3.05) is 21.3 Å². The van der Waals surface area contributed by atoms with Crippen LogP contribution in [0.2, 0.25) is 0 Å². The van der Waals surface area contributed by atoms with Crippen molar-refractivity contribution >= 4 is 12.0 Å². The highest BCUT2D eigenvalue weighted by Crippen LogP contribution is 2.53. The molecule has 174 valence electrons. The minimum Gasteiger partial charge on any atom is -0.482 e. The molecule has 10 heteroatoms. The van der Waals surface area contributed by atoms with E-state index < -0.39 is 23.1 Å². The molecule has 0 saturated carbocycles. The third-order valence-electron chi connectivity index (χ3n) is 5.38. The fourth-order valence-electron chi connectivity index (χ4n) is 3.74. The number of amidine groups is 1. The molecule has 0 bridgehead atoms. The van der Waals surface area contributed by atoms with Crippen molar-refractivity contribution in [2.24, 2.45) is 4.99 Å². The zero-order chi connectivity index (χ0) is 24.3. The van der Waals surface area contributed by atoms with Crippen LogP contribution in [0.25, 0.3) is 0 Å². The van der Waals surface area contributed by atoms with E-state index in [1.807, 2.05) is 0 Å². The number of nitrogens with one attached hydrogen (secondary N) is 1. The van der Waals surface area contributed by atoms with Gasteiger partial charge in [0.25, 0.3) is 11.5 Å². The van der Waals surface area contributed by atoms with E-state index in [-0.39, 0.29) is 22.9 Å². The summed E-state index contributed by atoms with van der Waals surface area (Å²) in [5, 5.41) is 23.4. The number of nitriles is 1. The van der Waals surface area contributed by atoms with Crippen molar-refractivity contribution in [3.8, 4) is 17.7 Å². The molecular formula is C23H25N3O7. The van der Waals surface area contributed by atoms with Gasteiger partial charge in [-0.1, -0.05) is 18.2 Å². The average Bonchev–Trinajstić information content (AvgIpc) is 2.81. The Balaban J connectivity index is 2.31. The molecule has 2 aromatic rings. The molecule has 1 heterocycles. The van der Waals surface area contributed by atoms with E-state index in [4.69, 9.17) is 23.7 Å². The van der Waals surface area contributed by atoms with Crippen molar-refractivity contribution in [2.45, 2.75) is 31.0 Å². The van der Waals surface area contributed by atoms with Crippen molar-refractivity contribution < 1.29 is 33.6 Å². The van der Waals surface area contributed by atoms with Crippen molar-refractivity contribution in [1.29, 1.82) is 5.26 Å². The number of ether oxygens (including phenoxy) is 5. The van der Waals surface area contributed by atoms with Gasteiger partial charge in [0.2, 0.25) is 0 Å². The SMILES string of the molecule is COC(=O)c1ccc2c(c1)C(N=C(NC#N)Oc1ccccc1)(OC)C(O)(OC)C(C)(C)O2. The summed E-state index contributed by atoms with van der Waals surface area (Å²) < 4.78 is 27.9. The lowest BCUT2D eigenvalue weighted by Gasteiger charge is -2.53. The average molecular weight is 455 g/mol. The molecular weight excluding hydrogens is 430 g/mol. The zero-order valence-electron chi connectivity index (χ0n) is 18.9. The number of aliphatic hydroxyl groups is 1. The Bertz CT molecular complexity index is 1100. The summed E-state index contributed by atoms with van der Waals surface area (Å²) in [6.45, 7) is 3.18. The third kappa shape index (κ3) is 3.98. The molecule has 2 N–H and O–H groups in total. The van der Waals surface area contributed by atoms with Gasteiger partial charge in [-0.3, -0.25) is 0 Å². The maximum atomic E-state index is 12.2. The Hall–Kier alpha value is -3.65. The molecule has 1 aliphatic rings. The number of carbonyl (C=O) groups is 1. The molecule has 2 atom stereocenters. The normalized spacial score (nSPS) is 23.5. The second-order valence-corrected chi connectivity index (χ2v) is 7.58. The number of esters is 1. The van der Waals surface area contributed by atoms with E-state index in [9.17, 15) is 15.2 Å². The van der Waals surface area contributed by atoms with Gasteiger partial charge in [0, 0.05) is 14.2 Å². The lowest BCUT2D eigenvalue weighted by Crippen LogP contribution is -2.70. The lowest BCUT2D eigenvalue weighted by molar-refractivity contribution is -0.365. The van der Waals surface area contributed by atoms with Gasteiger partial charge in [-0.05, 0) is 44.2 Å². The predicted molar refractivity (Wildman–Crippen MR) is 116 cm³/mol. The summed E-state index contributed by atoms with van der Waals surface area (Å²) in [7, 11) is 3.81. The van der Waals surface area contributed by atoms with Crippen LogP contribution in [0, 0.1) is 11.5 Å². The number of hydrogen-bond acceptors (Lipinski definition) is 9. The summed E-state index contributed by atoms with van der Waals surface area (Å²) >= 11 is 0. The lowest BCUT2D eigenvalue weighted by atomic mass is 9.79. The molecule has 0 saturated heterocycles. The van der Waals surface area contributed by atoms with Crippen LogP contribution in [0.1, 0.15) is 29.8 Å². The van der Waals surface area contributed by atoms with Gasteiger partial charge < -0.3 is 28.8 Å². The molecule has 0 aromatic heterocycles. The first kappa shape index (κ1) is 24.0. The molecule has 0 aliphatic carbocycles. The van der Waals surface area contributed by atoms with Crippen LogP contribution < -0.4 is 14.8 Å². The van der Waals surface area contributed by atoms with Crippen LogP contribution in [-0.4, -0.2) is 49.8 Å². The quantitative estimate of drug-likeness (QED) is 0.174. The molecule has 1 aliphatic heterocycles. The Morgan fingerprint density at radius 3 is 2.39 bits per heavy atom. The first-order valence-corrected chi connectivity index (χ1v) is 9.90. The standard InChI is InChI=1S/C23H25N3O7/c1-21(2)23(28,31-5)22(30-4,17-13-15(19(27)29-3)11-12-18(17)33-21)26-20(25-14-24)32-16-9-7-6-8-10-16/h6-13,28H,1-5H3,(H,25,26). The largest absolute Gasteiger partial charge is 0.482 e. The molecule has 10 nitrogen and oxygen atoms in total. The predicted octanol–water partition coefficient (Wildman–Crippen LogP) is 2.28. The van der Waals surface area contributed by atoms with Gasteiger partial charge in [0.15, 0.2) is 11.8 Å². The molecule has 0 fully saturated rings.